The third-order valence-electron chi connectivity index (χ3n) is 4.64. The fraction of sp³-hybridized carbons (Fsp3) is 0.263. The number of benzene rings is 1. The zero-order valence-electron chi connectivity index (χ0n) is 14.5. The molecule has 0 spiro atoms. The number of rotatable bonds is 4. The van der Waals surface area contributed by atoms with Crippen molar-refractivity contribution in [3.8, 4) is 0 Å². The predicted molar refractivity (Wildman–Crippen MR) is 98.2 cm³/mol. The molecule has 3 aromatic rings. The maximum absolute atomic E-state index is 12.9. The molecule has 7 heteroatoms. The minimum atomic E-state index is 0.0458. The Morgan fingerprint density at radius 1 is 1.23 bits per heavy atom. The van der Waals surface area contributed by atoms with E-state index in [2.05, 4.69) is 20.3 Å². The van der Waals surface area contributed by atoms with Crippen LogP contribution in [-0.4, -0.2) is 43.4 Å². The summed E-state index contributed by atoms with van der Waals surface area (Å²) in [5, 5.41) is 3.17. The predicted octanol–water partition coefficient (Wildman–Crippen LogP) is 2.58. The molecule has 4 rings (SSSR count). The van der Waals surface area contributed by atoms with E-state index in [1.165, 1.54) is 0 Å². The average Bonchev–Trinajstić information content (AvgIpc) is 3.31. The Hall–Kier alpha value is -3.22. The number of aryl methyl sites for hydroxylation is 1. The average molecular weight is 348 g/mol. The highest BCUT2D eigenvalue weighted by Gasteiger charge is 2.30. The van der Waals surface area contributed by atoms with Gasteiger partial charge in [-0.1, -0.05) is 6.07 Å². The van der Waals surface area contributed by atoms with Crippen molar-refractivity contribution < 1.29 is 4.79 Å². The zero-order chi connectivity index (χ0) is 17.9. The number of hydrogen-bond donors (Lipinski definition) is 1. The number of aromatic nitrogens is 4. The number of carbonyl (C=O) groups is 1. The zero-order valence-corrected chi connectivity index (χ0v) is 14.5. The van der Waals surface area contributed by atoms with E-state index in [9.17, 15) is 4.79 Å². The summed E-state index contributed by atoms with van der Waals surface area (Å²) in [6.45, 7) is 1.45. The SMILES string of the molecule is Cn1ccnc1C1CCN(C(=O)c2cccc(Nc3cnccn3)c2)C1. The molecule has 0 aliphatic carbocycles. The van der Waals surface area contributed by atoms with Crippen molar-refractivity contribution in [2.75, 3.05) is 18.4 Å². The molecule has 2 aromatic heterocycles. The summed E-state index contributed by atoms with van der Waals surface area (Å²) in [7, 11) is 1.99. The van der Waals surface area contributed by atoms with E-state index in [1.807, 2.05) is 47.0 Å². The Labute approximate surface area is 151 Å². The van der Waals surface area contributed by atoms with Crippen molar-refractivity contribution in [3.63, 3.8) is 0 Å². The normalized spacial score (nSPS) is 16.7. The van der Waals surface area contributed by atoms with Crippen LogP contribution in [0.3, 0.4) is 0 Å². The van der Waals surface area contributed by atoms with E-state index in [1.54, 1.807) is 24.8 Å². The molecule has 1 aromatic carbocycles. The molecule has 1 atom stereocenters. The lowest BCUT2D eigenvalue weighted by atomic mass is 10.1. The fourth-order valence-corrected chi connectivity index (χ4v) is 3.35. The first-order valence-corrected chi connectivity index (χ1v) is 8.60. The first-order valence-electron chi connectivity index (χ1n) is 8.60. The molecule has 0 saturated carbocycles. The summed E-state index contributed by atoms with van der Waals surface area (Å²) >= 11 is 0. The lowest BCUT2D eigenvalue weighted by molar-refractivity contribution is 0.0790. The fourth-order valence-electron chi connectivity index (χ4n) is 3.35. The maximum Gasteiger partial charge on any atom is 0.253 e. The van der Waals surface area contributed by atoms with Gasteiger partial charge in [-0.25, -0.2) is 9.97 Å². The van der Waals surface area contributed by atoms with E-state index in [0.717, 1.165) is 24.5 Å². The van der Waals surface area contributed by atoms with Gasteiger partial charge < -0.3 is 14.8 Å². The van der Waals surface area contributed by atoms with Crippen molar-refractivity contribution in [2.45, 2.75) is 12.3 Å². The van der Waals surface area contributed by atoms with Crippen LogP contribution in [0.1, 0.15) is 28.5 Å². The topological polar surface area (TPSA) is 75.9 Å². The highest BCUT2D eigenvalue weighted by Crippen LogP contribution is 2.27. The van der Waals surface area contributed by atoms with Crippen LogP contribution in [0.5, 0.6) is 0 Å². The van der Waals surface area contributed by atoms with Crippen LogP contribution < -0.4 is 5.32 Å². The van der Waals surface area contributed by atoms with Crippen LogP contribution in [0.15, 0.2) is 55.2 Å². The number of nitrogens with one attached hydrogen (secondary N) is 1. The summed E-state index contributed by atoms with van der Waals surface area (Å²) in [6.07, 6.45) is 9.58. The highest BCUT2D eigenvalue weighted by molar-refractivity contribution is 5.95. The summed E-state index contributed by atoms with van der Waals surface area (Å²) < 4.78 is 2.03. The summed E-state index contributed by atoms with van der Waals surface area (Å²) in [5.74, 6) is 2.02. The molecule has 1 amide bonds. The summed E-state index contributed by atoms with van der Waals surface area (Å²) in [6, 6.07) is 7.48. The molecule has 1 unspecified atom stereocenters. The van der Waals surface area contributed by atoms with E-state index in [-0.39, 0.29) is 5.91 Å². The number of carbonyl (C=O) groups excluding carboxylic acids is 1. The van der Waals surface area contributed by atoms with E-state index >= 15 is 0 Å². The van der Waals surface area contributed by atoms with E-state index in [4.69, 9.17) is 0 Å². The molecule has 1 aliphatic heterocycles. The first kappa shape index (κ1) is 16.3. The van der Waals surface area contributed by atoms with Crippen LogP contribution in [0, 0.1) is 0 Å². The molecule has 1 saturated heterocycles. The second-order valence-electron chi connectivity index (χ2n) is 6.43. The Kier molecular flexibility index (Phi) is 4.35. The van der Waals surface area contributed by atoms with Gasteiger partial charge in [-0.2, -0.15) is 0 Å². The van der Waals surface area contributed by atoms with Crippen LogP contribution in [0.25, 0.3) is 0 Å². The Bertz CT molecular complexity index is 907. The van der Waals surface area contributed by atoms with Gasteiger partial charge in [0.2, 0.25) is 0 Å². The minimum Gasteiger partial charge on any atom is -0.339 e. The third kappa shape index (κ3) is 3.28. The molecular formula is C19H20N6O. The van der Waals surface area contributed by atoms with Crippen LogP contribution in [0.4, 0.5) is 11.5 Å². The van der Waals surface area contributed by atoms with Gasteiger partial charge >= 0.3 is 0 Å². The van der Waals surface area contributed by atoms with Gasteiger partial charge in [0.25, 0.3) is 5.91 Å². The summed E-state index contributed by atoms with van der Waals surface area (Å²) in [5.41, 5.74) is 1.48. The smallest absolute Gasteiger partial charge is 0.253 e. The Morgan fingerprint density at radius 3 is 2.92 bits per heavy atom. The molecule has 1 N–H and O–H groups in total. The van der Waals surface area contributed by atoms with Crippen molar-refractivity contribution in [1.82, 2.24) is 24.4 Å². The van der Waals surface area contributed by atoms with Crippen LogP contribution in [0.2, 0.25) is 0 Å². The number of imidazole rings is 1. The quantitative estimate of drug-likeness (QED) is 0.784. The molecule has 3 heterocycles. The third-order valence-corrected chi connectivity index (χ3v) is 4.64. The summed E-state index contributed by atoms with van der Waals surface area (Å²) in [4.78, 5) is 27.5. The van der Waals surface area contributed by atoms with Gasteiger partial charge in [0, 0.05) is 62.1 Å². The maximum atomic E-state index is 12.9. The molecular weight excluding hydrogens is 328 g/mol. The monoisotopic (exact) mass is 348 g/mol. The molecule has 0 radical (unpaired) electrons. The van der Waals surface area contributed by atoms with Crippen molar-refractivity contribution >= 4 is 17.4 Å². The highest BCUT2D eigenvalue weighted by atomic mass is 16.2. The van der Waals surface area contributed by atoms with Crippen molar-refractivity contribution in [3.05, 3.63) is 66.6 Å². The standard InChI is InChI=1S/C19H20N6O/c1-24-10-8-22-18(24)15-5-9-25(13-15)19(26)14-3-2-4-16(11-14)23-17-12-20-6-7-21-17/h2-4,6-8,10-12,15H,5,9,13H2,1H3,(H,21,23). The van der Waals surface area contributed by atoms with Gasteiger partial charge in [0.05, 0.1) is 6.20 Å². The van der Waals surface area contributed by atoms with Gasteiger partial charge in [-0.15, -0.1) is 0 Å². The Morgan fingerprint density at radius 2 is 2.15 bits per heavy atom. The van der Waals surface area contributed by atoms with Gasteiger partial charge in [0.1, 0.15) is 11.6 Å². The number of anilines is 2. The molecule has 1 aliphatic rings. The minimum absolute atomic E-state index is 0.0458. The second kappa shape index (κ2) is 6.95. The van der Waals surface area contributed by atoms with Crippen LogP contribution in [-0.2, 0) is 7.05 Å². The van der Waals surface area contributed by atoms with Crippen molar-refractivity contribution in [2.24, 2.45) is 7.05 Å². The number of nitrogens with zero attached hydrogens (tertiary/aromatic N) is 5. The molecule has 1 fully saturated rings. The molecule has 0 bridgehead atoms. The molecule has 132 valence electrons. The number of likely N-dealkylation sites (tertiary alicyclic amines) is 1. The van der Waals surface area contributed by atoms with Gasteiger partial charge in [0.15, 0.2) is 0 Å². The molecule has 26 heavy (non-hydrogen) atoms. The second-order valence-corrected chi connectivity index (χ2v) is 6.43. The number of amides is 1. The van der Waals surface area contributed by atoms with Gasteiger partial charge in [-0.3, -0.25) is 9.78 Å². The lowest BCUT2D eigenvalue weighted by Crippen LogP contribution is -2.28. The van der Waals surface area contributed by atoms with Gasteiger partial charge in [-0.05, 0) is 24.6 Å². The first-order chi connectivity index (χ1) is 12.7. The lowest BCUT2D eigenvalue weighted by Gasteiger charge is -2.17. The Balaban J connectivity index is 1.47. The van der Waals surface area contributed by atoms with E-state index in [0.29, 0.717) is 23.8 Å². The molecule has 7 nitrogen and oxygen atoms in total. The number of hydrogen-bond acceptors (Lipinski definition) is 5. The van der Waals surface area contributed by atoms with E-state index < -0.39 is 0 Å². The van der Waals surface area contributed by atoms with Crippen LogP contribution >= 0.6 is 0 Å². The van der Waals surface area contributed by atoms with Crippen molar-refractivity contribution in [1.29, 1.82) is 0 Å². The largest absolute Gasteiger partial charge is 0.339 e.